The van der Waals surface area contributed by atoms with Crippen molar-refractivity contribution in [3.8, 4) is 0 Å². The molecule has 68 valence electrons. The van der Waals surface area contributed by atoms with E-state index < -0.39 is 23.3 Å². The third-order valence-corrected chi connectivity index (χ3v) is 1.28. The molecule has 0 fully saturated rings. The number of rotatable bonds is 2. The van der Waals surface area contributed by atoms with Crippen molar-refractivity contribution in [2.75, 3.05) is 0 Å². The standard InChI is InChI=1S/C5H6BrF5/c1-3(6)2-4(7,8)5(9,10)11/h3H,2H2,1H3. The highest BCUT2D eigenvalue weighted by atomic mass is 79.9. The Bertz CT molecular complexity index is 127. The third-order valence-electron chi connectivity index (χ3n) is 0.952. The van der Waals surface area contributed by atoms with E-state index in [2.05, 4.69) is 15.9 Å². The predicted octanol–water partition coefficient (Wildman–Crippen LogP) is 3.36. The second-order valence-electron chi connectivity index (χ2n) is 2.19. The van der Waals surface area contributed by atoms with Gasteiger partial charge in [0.05, 0.1) is 0 Å². The monoisotopic (exact) mass is 240 g/mol. The lowest BCUT2D eigenvalue weighted by atomic mass is 10.2. The van der Waals surface area contributed by atoms with Gasteiger partial charge in [0.15, 0.2) is 0 Å². The summed E-state index contributed by atoms with van der Waals surface area (Å²) in [5.74, 6) is -4.59. The number of alkyl halides is 6. The highest BCUT2D eigenvalue weighted by Crippen LogP contribution is 2.39. The largest absolute Gasteiger partial charge is 0.453 e. The van der Waals surface area contributed by atoms with Crippen molar-refractivity contribution >= 4 is 15.9 Å². The van der Waals surface area contributed by atoms with Crippen LogP contribution in [0.5, 0.6) is 0 Å². The van der Waals surface area contributed by atoms with Crippen molar-refractivity contribution < 1.29 is 22.0 Å². The number of hydrogen-bond acceptors (Lipinski definition) is 0. The second-order valence-corrected chi connectivity index (χ2v) is 3.75. The van der Waals surface area contributed by atoms with Crippen LogP contribution in [0.1, 0.15) is 13.3 Å². The molecule has 1 atom stereocenters. The lowest BCUT2D eigenvalue weighted by Crippen LogP contribution is -2.37. The zero-order chi connectivity index (χ0) is 9.28. The zero-order valence-electron chi connectivity index (χ0n) is 5.55. The maximum atomic E-state index is 12.0. The molecule has 1 unspecified atom stereocenters. The van der Waals surface area contributed by atoms with Crippen molar-refractivity contribution in [2.24, 2.45) is 0 Å². The van der Waals surface area contributed by atoms with Gasteiger partial charge in [0.25, 0.3) is 0 Å². The van der Waals surface area contributed by atoms with Crippen molar-refractivity contribution in [1.82, 2.24) is 0 Å². The molecule has 11 heavy (non-hydrogen) atoms. The summed E-state index contributed by atoms with van der Waals surface area (Å²) < 4.78 is 58.3. The fourth-order valence-corrected chi connectivity index (χ4v) is 0.876. The van der Waals surface area contributed by atoms with E-state index in [4.69, 9.17) is 0 Å². The van der Waals surface area contributed by atoms with Crippen molar-refractivity contribution in [1.29, 1.82) is 0 Å². The lowest BCUT2D eigenvalue weighted by Gasteiger charge is -2.20. The molecule has 0 amide bonds. The normalized spacial score (nSPS) is 16.6. The van der Waals surface area contributed by atoms with Crippen molar-refractivity contribution in [3.05, 3.63) is 0 Å². The summed E-state index contributed by atoms with van der Waals surface area (Å²) in [6.45, 7) is 1.24. The van der Waals surface area contributed by atoms with Crippen LogP contribution in [0.4, 0.5) is 22.0 Å². The molecule has 0 aromatic heterocycles. The summed E-state index contributed by atoms with van der Waals surface area (Å²) in [4.78, 5) is -0.848. The van der Waals surface area contributed by atoms with Gasteiger partial charge in [-0.15, -0.1) is 0 Å². The first-order chi connectivity index (χ1) is 4.67. The first-order valence-corrected chi connectivity index (χ1v) is 3.67. The van der Waals surface area contributed by atoms with Gasteiger partial charge in [-0.2, -0.15) is 22.0 Å². The average Bonchev–Trinajstić information content (AvgIpc) is 1.56. The molecule has 0 bridgehead atoms. The molecule has 0 saturated carbocycles. The summed E-state index contributed by atoms with van der Waals surface area (Å²) in [6, 6.07) is 0. The van der Waals surface area contributed by atoms with E-state index in [-0.39, 0.29) is 0 Å². The number of halogens is 6. The molecule has 0 aromatic rings. The highest BCUT2D eigenvalue weighted by molar-refractivity contribution is 9.09. The van der Waals surface area contributed by atoms with Gasteiger partial charge in [0.1, 0.15) is 0 Å². The van der Waals surface area contributed by atoms with Gasteiger partial charge in [0, 0.05) is 11.2 Å². The molecular weight excluding hydrogens is 235 g/mol. The third kappa shape index (κ3) is 3.35. The minimum atomic E-state index is -5.44. The molecule has 0 nitrogen and oxygen atoms in total. The van der Waals surface area contributed by atoms with Crippen LogP contribution in [0.3, 0.4) is 0 Å². The Morgan fingerprint density at radius 1 is 1.18 bits per heavy atom. The minimum absolute atomic E-state index is 0.848. The highest BCUT2D eigenvalue weighted by Gasteiger charge is 2.57. The average molecular weight is 241 g/mol. The van der Waals surface area contributed by atoms with Crippen molar-refractivity contribution in [2.45, 2.75) is 30.3 Å². The molecule has 0 saturated heterocycles. The molecular formula is C5H6BrF5. The zero-order valence-corrected chi connectivity index (χ0v) is 7.14. The molecule has 0 N–H and O–H groups in total. The van der Waals surface area contributed by atoms with Crippen LogP contribution in [0.15, 0.2) is 0 Å². The molecule has 0 heterocycles. The van der Waals surface area contributed by atoms with Gasteiger partial charge in [0.2, 0.25) is 0 Å². The van der Waals surface area contributed by atoms with Crippen molar-refractivity contribution in [3.63, 3.8) is 0 Å². The van der Waals surface area contributed by atoms with E-state index in [1.807, 2.05) is 0 Å². The fraction of sp³-hybridized carbons (Fsp3) is 1.00. The Balaban J connectivity index is 4.22. The van der Waals surface area contributed by atoms with E-state index in [0.717, 1.165) is 0 Å². The molecule has 0 rings (SSSR count). The van der Waals surface area contributed by atoms with Crippen LogP contribution in [-0.4, -0.2) is 16.9 Å². The Kier molecular flexibility index (Phi) is 3.28. The first-order valence-electron chi connectivity index (χ1n) is 2.75. The topological polar surface area (TPSA) is 0 Å². The minimum Gasteiger partial charge on any atom is -0.196 e. The van der Waals surface area contributed by atoms with Gasteiger partial charge in [-0.05, 0) is 0 Å². The van der Waals surface area contributed by atoms with Gasteiger partial charge < -0.3 is 0 Å². The van der Waals surface area contributed by atoms with E-state index in [0.29, 0.717) is 0 Å². The van der Waals surface area contributed by atoms with E-state index in [9.17, 15) is 22.0 Å². The molecule has 0 aliphatic heterocycles. The maximum absolute atomic E-state index is 12.0. The molecule has 0 radical (unpaired) electrons. The summed E-state index contributed by atoms with van der Waals surface area (Å²) in [7, 11) is 0. The quantitative estimate of drug-likeness (QED) is 0.513. The summed E-state index contributed by atoms with van der Waals surface area (Å²) in [6.07, 6.45) is -6.66. The predicted molar refractivity (Wildman–Crippen MR) is 34.0 cm³/mol. The van der Waals surface area contributed by atoms with Crippen LogP contribution in [0.25, 0.3) is 0 Å². The van der Waals surface area contributed by atoms with Crippen LogP contribution in [0, 0.1) is 0 Å². The van der Waals surface area contributed by atoms with Crippen LogP contribution in [0.2, 0.25) is 0 Å². The molecule has 6 heteroatoms. The first kappa shape index (κ1) is 11.1. The van der Waals surface area contributed by atoms with Crippen LogP contribution in [-0.2, 0) is 0 Å². The van der Waals surface area contributed by atoms with E-state index in [1.54, 1.807) is 0 Å². The van der Waals surface area contributed by atoms with Crippen LogP contribution < -0.4 is 0 Å². The molecule has 0 aliphatic carbocycles. The lowest BCUT2D eigenvalue weighted by molar-refractivity contribution is -0.283. The van der Waals surface area contributed by atoms with Gasteiger partial charge in [-0.3, -0.25) is 0 Å². The van der Waals surface area contributed by atoms with Gasteiger partial charge >= 0.3 is 12.1 Å². The Hall–Kier alpha value is 0.130. The Labute approximate surface area is 68.9 Å². The maximum Gasteiger partial charge on any atom is 0.453 e. The Morgan fingerprint density at radius 3 is 1.64 bits per heavy atom. The van der Waals surface area contributed by atoms with Gasteiger partial charge in [-0.25, -0.2) is 0 Å². The second kappa shape index (κ2) is 3.25. The van der Waals surface area contributed by atoms with E-state index >= 15 is 0 Å². The molecule has 0 aromatic carbocycles. The fourth-order valence-electron chi connectivity index (χ4n) is 0.469. The smallest absolute Gasteiger partial charge is 0.196 e. The SMILES string of the molecule is CC(Br)CC(F)(F)C(F)(F)F. The summed E-state index contributed by atoms with van der Waals surface area (Å²) >= 11 is 2.62. The number of hydrogen-bond donors (Lipinski definition) is 0. The van der Waals surface area contributed by atoms with E-state index in [1.165, 1.54) is 6.92 Å². The summed E-state index contributed by atoms with van der Waals surface area (Å²) in [5.41, 5.74) is 0. The van der Waals surface area contributed by atoms with Crippen LogP contribution >= 0.6 is 15.9 Å². The molecule has 0 spiro atoms. The summed E-state index contributed by atoms with van der Waals surface area (Å²) in [5, 5.41) is 0. The Morgan fingerprint density at radius 2 is 1.55 bits per heavy atom. The van der Waals surface area contributed by atoms with Gasteiger partial charge in [-0.1, -0.05) is 22.9 Å². The molecule has 0 aliphatic rings.